The lowest BCUT2D eigenvalue weighted by molar-refractivity contribution is -0.116. The van der Waals surface area contributed by atoms with E-state index in [1.807, 2.05) is 19.1 Å². The number of aliphatic imine (C=N–C) groups is 1. The molecular weight excluding hydrogens is 300 g/mol. The Balaban J connectivity index is 2.38. The van der Waals surface area contributed by atoms with Gasteiger partial charge in [0, 0.05) is 37.3 Å². The summed E-state index contributed by atoms with van der Waals surface area (Å²) in [7, 11) is 1.71. The SMILES string of the molecule is CN=C(NCCC(=O)Nc1cccc(Cl)c1C)NCC(C)C. The maximum absolute atomic E-state index is 12.0. The summed E-state index contributed by atoms with van der Waals surface area (Å²) in [5, 5.41) is 9.83. The Morgan fingerprint density at radius 3 is 2.68 bits per heavy atom. The molecule has 0 aliphatic rings. The number of nitrogens with one attached hydrogen (secondary N) is 3. The number of halogens is 1. The number of rotatable bonds is 6. The minimum Gasteiger partial charge on any atom is -0.356 e. The van der Waals surface area contributed by atoms with Crippen molar-refractivity contribution in [3.8, 4) is 0 Å². The summed E-state index contributed by atoms with van der Waals surface area (Å²) in [6.45, 7) is 7.49. The first-order chi connectivity index (χ1) is 10.4. The molecule has 1 aromatic carbocycles. The highest BCUT2D eigenvalue weighted by Crippen LogP contribution is 2.22. The van der Waals surface area contributed by atoms with Gasteiger partial charge in [-0.15, -0.1) is 0 Å². The molecule has 3 N–H and O–H groups in total. The number of nitrogens with zero attached hydrogens (tertiary/aromatic N) is 1. The Hall–Kier alpha value is -1.75. The lowest BCUT2D eigenvalue weighted by Crippen LogP contribution is -2.40. The van der Waals surface area contributed by atoms with Crippen LogP contribution in [0.5, 0.6) is 0 Å². The summed E-state index contributed by atoms with van der Waals surface area (Å²) in [5.41, 5.74) is 1.62. The summed E-state index contributed by atoms with van der Waals surface area (Å²) >= 11 is 6.03. The summed E-state index contributed by atoms with van der Waals surface area (Å²) in [4.78, 5) is 16.1. The van der Waals surface area contributed by atoms with Gasteiger partial charge >= 0.3 is 0 Å². The zero-order valence-corrected chi connectivity index (χ0v) is 14.4. The quantitative estimate of drug-likeness (QED) is 0.557. The Labute approximate surface area is 137 Å². The van der Waals surface area contributed by atoms with Crippen LogP contribution in [0.1, 0.15) is 25.8 Å². The molecule has 1 rings (SSSR count). The van der Waals surface area contributed by atoms with Gasteiger partial charge in [-0.1, -0.05) is 31.5 Å². The molecule has 5 nitrogen and oxygen atoms in total. The van der Waals surface area contributed by atoms with E-state index in [1.54, 1.807) is 13.1 Å². The molecule has 22 heavy (non-hydrogen) atoms. The van der Waals surface area contributed by atoms with Gasteiger partial charge in [-0.05, 0) is 30.5 Å². The molecule has 1 amide bonds. The number of carbonyl (C=O) groups is 1. The van der Waals surface area contributed by atoms with Gasteiger partial charge in [0.05, 0.1) is 0 Å². The number of amides is 1. The molecule has 0 spiro atoms. The van der Waals surface area contributed by atoms with Crippen molar-refractivity contribution in [2.45, 2.75) is 27.2 Å². The molecule has 1 aromatic rings. The molecule has 0 aromatic heterocycles. The van der Waals surface area contributed by atoms with E-state index < -0.39 is 0 Å². The highest BCUT2D eigenvalue weighted by atomic mass is 35.5. The predicted molar refractivity (Wildman–Crippen MR) is 93.6 cm³/mol. The molecule has 0 aliphatic carbocycles. The highest BCUT2D eigenvalue weighted by molar-refractivity contribution is 6.31. The molecule has 0 radical (unpaired) electrons. The average molecular weight is 325 g/mol. The Kier molecular flexibility index (Phi) is 7.74. The number of carbonyl (C=O) groups excluding carboxylic acids is 1. The fraction of sp³-hybridized carbons (Fsp3) is 0.500. The van der Waals surface area contributed by atoms with E-state index in [9.17, 15) is 4.79 Å². The number of guanidine groups is 1. The van der Waals surface area contributed by atoms with Gasteiger partial charge in [0.2, 0.25) is 5.91 Å². The smallest absolute Gasteiger partial charge is 0.226 e. The van der Waals surface area contributed by atoms with Gasteiger partial charge in [-0.25, -0.2) is 0 Å². The second-order valence-corrected chi connectivity index (χ2v) is 5.89. The molecule has 0 aliphatic heterocycles. The molecule has 0 heterocycles. The Morgan fingerprint density at radius 2 is 2.05 bits per heavy atom. The van der Waals surface area contributed by atoms with Gasteiger partial charge in [0.15, 0.2) is 5.96 Å². The van der Waals surface area contributed by atoms with E-state index in [2.05, 4.69) is 34.8 Å². The van der Waals surface area contributed by atoms with Crippen molar-refractivity contribution in [2.24, 2.45) is 10.9 Å². The van der Waals surface area contributed by atoms with Crippen LogP contribution in [0.15, 0.2) is 23.2 Å². The molecule has 0 atom stereocenters. The highest BCUT2D eigenvalue weighted by Gasteiger charge is 2.07. The normalized spacial score (nSPS) is 11.5. The summed E-state index contributed by atoms with van der Waals surface area (Å²) in [6, 6.07) is 5.47. The lowest BCUT2D eigenvalue weighted by Gasteiger charge is -2.13. The van der Waals surface area contributed by atoms with Crippen LogP contribution >= 0.6 is 11.6 Å². The van der Waals surface area contributed by atoms with Gasteiger partial charge in [0.1, 0.15) is 0 Å². The monoisotopic (exact) mass is 324 g/mol. The summed E-state index contributed by atoms with van der Waals surface area (Å²) in [6.07, 6.45) is 0.355. The Morgan fingerprint density at radius 1 is 1.32 bits per heavy atom. The standard InChI is InChI=1S/C16H25ClN4O/c1-11(2)10-20-16(18-4)19-9-8-15(22)21-14-7-5-6-13(17)12(14)3/h5-7,11H,8-10H2,1-4H3,(H,21,22)(H2,18,19,20). The third-order valence-corrected chi connectivity index (χ3v) is 3.50. The topological polar surface area (TPSA) is 65.5 Å². The maximum Gasteiger partial charge on any atom is 0.226 e. The molecule has 0 unspecified atom stereocenters. The van der Waals surface area contributed by atoms with Crippen LogP contribution in [0.2, 0.25) is 5.02 Å². The second kappa shape index (κ2) is 9.30. The Bertz CT molecular complexity index is 529. The number of benzene rings is 1. The number of hydrogen-bond donors (Lipinski definition) is 3. The van der Waals surface area contributed by atoms with Crippen molar-refractivity contribution in [3.05, 3.63) is 28.8 Å². The van der Waals surface area contributed by atoms with Gasteiger partial charge in [-0.3, -0.25) is 9.79 Å². The molecular formula is C16H25ClN4O. The van der Waals surface area contributed by atoms with Crippen molar-refractivity contribution in [1.29, 1.82) is 0 Å². The third kappa shape index (κ3) is 6.35. The third-order valence-electron chi connectivity index (χ3n) is 3.09. The lowest BCUT2D eigenvalue weighted by atomic mass is 10.2. The molecule has 0 bridgehead atoms. The van der Waals surface area contributed by atoms with Crippen LogP contribution in [0.4, 0.5) is 5.69 Å². The van der Waals surface area contributed by atoms with Gasteiger partial charge < -0.3 is 16.0 Å². The first-order valence-corrected chi connectivity index (χ1v) is 7.81. The fourth-order valence-electron chi connectivity index (χ4n) is 1.77. The molecule has 0 saturated heterocycles. The number of anilines is 1. The largest absolute Gasteiger partial charge is 0.356 e. The van der Waals surface area contributed by atoms with E-state index in [-0.39, 0.29) is 5.91 Å². The van der Waals surface area contributed by atoms with Crippen LogP contribution in [0, 0.1) is 12.8 Å². The number of hydrogen-bond acceptors (Lipinski definition) is 2. The fourth-order valence-corrected chi connectivity index (χ4v) is 1.95. The first kappa shape index (κ1) is 18.3. The molecule has 122 valence electrons. The average Bonchev–Trinajstić information content (AvgIpc) is 2.47. The first-order valence-electron chi connectivity index (χ1n) is 7.43. The van der Waals surface area contributed by atoms with E-state index in [0.29, 0.717) is 29.9 Å². The molecule has 0 fully saturated rings. The van der Waals surface area contributed by atoms with Crippen LogP contribution in [0.3, 0.4) is 0 Å². The van der Waals surface area contributed by atoms with Gasteiger partial charge in [-0.2, -0.15) is 0 Å². The van der Waals surface area contributed by atoms with Gasteiger partial charge in [0.25, 0.3) is 0 Å². The zero-order valence-electron chi connectivity index (χ0n) is 13.7. The van der Waals surface area contributed by atoms with E-state index in [0.717, 1.165) is 17.8 Å². The van der Waals surface area contributed by atoms with Crippen molar-refractivity contribution in [3.63, 3.8) is 0 Å². The van der Waals surface area contributed by atoms with Crippen LogP contribution < -0.4 is 16.0 Å². The molecule has 6 heteroatoms. The van der Waals surface area contributed by atoms with E-state index >= 15 is 0 Å². The van der Waals surface area contributed by atoms with Crippen LogP contribution in [0.25, 0.3) is 0 Å². The maximum atomic E-state index is 12.0. The summed E-state index contributed by atoms with van der Waals surface area (Å²) < 4.78 is 0. The van der Waals surface area contributed by atoms with Crippen molar-refractivity contribution < 1.29 is 4.79 Å². The van der Waals surface area contributed by atoms with Crippen LogP contribution in [-0.2, 0) is 4.79 Å². The van der Waals surface area contributed by atoms with E-state index in [1.165, 1.54) is 0 Å². The second-order valence-electron chi connectivity index (χ2n) is 5.48. The van der Waals surface area contributed by atoms with E-state index in [4.69, 9.17) is 11.6 Å². The van der Waals surface area contributed by atoms with Crippen molar-refractivity contribution in [1.82, 2.24) is 10.6 Å². The minimum absolute atomic E-state index is 0.0582. The minimum atomic E-state index is -0.0582. The van der Waals surface area contributed by atoms with Crippen molar-refractivity contribution >= 4 is 29.2 Å². The summed E-state index contributed by atoms with van der Waals surface area (Å²) in [5.74, 6) is 1.19. The van der Waals surface area contributed by atoms with Crippen LogP contribution in [-0.4, -0.2) is 32.0 Å². The van der Waals surface area contributed by atoms with Crippen molar-refractivity contribution in [2.75, 3.05) is 25.5 Å². The predicted octanol–water partition coefficient (Wildman–Crippen LogP) is 2.80. The zero-order chi connectivity index (χ0) is 16.5. The molecule has 0 saturated carbocycles.